The Labute approximate surface area is 219 Å². The number of hydrogen-bond donors (Lipinski definition) is 0. The third kappa shape index (κ3) is 4.37. The van der Waals surface area contributed by atoms with Crippen molar-refractivity contribution < 1.29 is 19.0 Å². The van der Waals surface area contributed by atoms with Crippen molar-refractivity contribution in [3.05, 3.63) is 77.4 Å². The smallest absolute Gasteiger partial charge is 0.346 e. The van der Waals surface area contributed by atoms with Crippen LogP contribution >= 0.6 is 0 Å². The molecule has 1 amide bonds. The van der Waals surface area contributed by atoms with Gasteiger partial charge in [-0.15, -0.1) is 5.10 Å². The highest BCUT2D eigenvalue weighted by atomic mass is 16.6. The van der Waals surface area contributed by atoms with Crippen LogP contribution in [0.25, 0.3) is 11.0 Å². The van der Waals surface area contributed by atoms with Gasteiger partial charge in [0.05, 0.1) is 24.8 Å². The Morgan fingerprint density at radius 1 is 0.947 bits per heavy atom. The monoisotopic (exact) mass is 510 g/mol. The molecule has 3 heterocycles. The Hall–Kier alpha value is -4.62. The largest absolute Gasteiger partial charge is 0.497 e. The van der Waals surface area contributed by atoms with Gasteiger partial charge in [-0.25, -0.2) is 4.79 Å². The summed E-state index contributed by atoms with van der Waals surface area (Å²) in [4.78, 5) is 17.5. The lowest BCUT2D eigenvalue weighted by atomic mass is 9.95. The van der Waals surface area contributed by atoms with Crippen LogP contribution < -0.4 is 14.2 Å². The second-order valence-electron chi connectivity index (χ2n) is 9.20. The summed E-state index contributed by atoms with van der Waals surface area (Å²) in [6.45, 7) is 3.44. The average Bonchev–Trinajstić information content (AvgIpc) is 3.41. The summed E-state index contributed by atoms with van der Waals surface area (Å²) >= 11 is 0. The molecule has 0 saturated carbocycles. The molecule has 1 unspecified atom stereocenters. The van der Waals surface area contributed by atoms with Gasteiger partial charge < -0.3 is 19.1 Å². The van der Waals surface area contributed by atoms with E-state index in [1.807, 2.05) is 18.2 Å². The zero-order valence-electron chi connectivity index (χ0n) is 20.9. The summed E-state index contributed by atoms with van der Waals surface area (Å²) in [7, 11) is 1.66. The molecule has 0 radical (unpaired) electrons. The molecule has 1 atom stereocenters. The van der Waals surface area contributed by atoms with Gasteiger partial charge >= 0.3 is 6.03 Å². The quantitative estimate of drug-likeness (QED) is 0.411. The zero-order valence-corrected chi connectivity index (χ0v) is 20.9. The highest BCUT2D eigenvalue weighted by Gasteiger charge is 2.30. The first-order chi connectivity index (χ1) is 18.6. The molecule has 10 nitrogen and oxygen atoms in total. The van der Waals surface area contributed by atoms with Gasteiger partial charge in [0.15, 0.2) is 11.5 Å². The third-order valence-electron chi connectivity index (χ3n) is 7.02. The molecular formula is C28H26N6O4. The van der Waals surface area contributed by atoms with E-state index in [9.17, 15) is 10.1 Å². The molecule has 192 valence electrons. The molecule has 2 aliphatic heterocycles. The number of aromatic nitrogens is 3. The molecule has 6 rings (SSSR count). The summed E-state index contributed by atoms with van der Waals surface area (Å²) in [5.41, 5.74) is 3.78. The zero-order chi connectivity index (χ0) is 26.1. The van der Waals surface area contributed by atoms with Crippen molar-refractivity contribution in [3.8, 4) is 23.3 Å². The third-order valence-corrected chi connectivity index (χ3v) is 7.02. The van der Waals surface area contributed by atoms with Crippen LogP contribution in [0.3, 0.4) is 0 Å². The number of amides is 1. The van der Waals surface area contributed by atoms with Crippen molar-refractivity contribution in [1.29, 1.82) is 5.26 Å². The van der Waals surface area contributed by atoms with Gasteiger partial charge in [-0.1, -0.05) is 23.4 Å². The number of piperazine rings is 1. The van der Waals surface area contributed by atoms with Gasteiger partial charge in [-0.3, -0.25) is 4.90 Å². The minimum Gasteiger partial charge on any atom is -0.497 e. The Morgan fingerprint density at radius 3 is 2.42 bits per heavy atom. The predicted molar refractivity (Wildman–Crippen MR) is 138 cm³/mol. The summed E-state index contributed by atoms with van der Waals surface area (Å²) < 4.78 is 18.2. The van der Waals surface area contributed by atoms with E-state index < -0.39 is 0 Å². The van der Waals surface area contributed by atoms with Gasteiger partial charge in [0.2, 0.25) is 0 Å². The van der Waals surface area contributed by atoms with Crippen molar-refractivity contribution in [2.75, 3.05) is 46.5 Å². The van der Waals surface area contributed by atoms with Crippen molar-refractivity contribution in [2.45, 2.75) is 6.04 Å². The normalized spacial score (nSPS) is 16.2. The van der Waals surface area contributed by atoms with Crippen molar-refractivity contribution in [1.82, 2.24) is 24.8 Å². The molecule has 1 saturated heterocycles. The minimum absolute atomic E-state index is 0.0422. The van der Waals surface area contributed by atoms with Crippen LogP contribution in [0.5, 0.6) is 17.2 Å². The highest BCUT2D eigenvalue weighted by Crippen LogP contribution is 2.37. The summed E-state index contributed by atoms with van der Waals surface area (Å²) in [6.07, 6.45) is 0. The van der Waals surface area contributed by atoms with E-state index in [2.05, 4.69) is 45.5 Å². The summed E-state index contributed by atoms with van der Waals surface area (Å²) in [5.74, 6) is 2.30. The molecule has 0 spiro atoms. The van der Waals surface area contributed by atoms with Crippen LogP contribution in [0.4, 0.5) is 4.79 Å². The van der Waals surface area contributed by atoms with Gasteiger partial charge in [0.25, 0.3) is 0 Å². The molecular weight excluding hydrogens is 484 g/mol. The number of hydrogen-bond acceptors (Lipinski definition) is 8. The lowest BCUT2D eigenvalue weighted by Gasteiger charge is -2.39. The van der Waals surface area contributed by atoms with Crippen LogP contribution in [0.2, 0.25) is 0 Å². The molecule has 2 aliphatic rings. The highest BCUT2D eigenvalue weighted by molar-refractivity contribution is 5.88. The Bertz CT molecular complexity index is 1520. The molecule has 4 aromatic rings. The van der Waals surface area contributed by atoms with Crippen LogP contribution in [0, 0.1) is 11.3 Å². The lowest BCUT2D eigenvalue weighted by molar-refractivity contribution is 0.119. The first-order valence-corrected chi connectivity index (χ1v) is 12.5. The number of benzene rings is 3. The minimum atomic E-state index is -0.248. The van der Waals surface area contributed by atoms with Crippen molar-refractivity contribution >= 4 is 17.1 Å². The molecule has 0 aliphatic carbocycles. The van der Waals surface area contributed by atoms with E-state index in [1.165, 1.54) is 4.68 Å². The van der Waals surface area contributed by atoms with Crippen molar-refractivity contribution in [2.24, 2.45) is 0 Å². The van der Waals surface area contributed by atoms with E-state index in [0.29, 0.717) is 56.0 Å². The molecule has 38 heavy (non-hydrogen) atoms. The number of ether oxygens (including phenoxy) is 3. The van der Waals surface area contributed by atoms with Gasteiger partial charge in [-0.2, -0.15) is 9.94 Å². The van der Waals surface area contributed by atoms with Crippen LogP contribution in [0.1, 0.15) is 22.7 Å². The maximum absolute atomic E-state index is 13.4. The number of rotatable bonds is 4. The SMILES string of the molecule is COc1ccc(C(c2ccc3c(c2)OCCO3)N2CCN(C(=O)n3nnc4ccc(C#N)cc43)CC2)cc1. The fourth-order valence-electron chi connectivity index (χ4n) is 5.07. The first-order valence-electron chi connectivity index (χ1n) is 12.5. The predicted octanol–water partition coefficient (Wildman–Crippen LogP) is 3.46. The number of methoxy groups -OCH3 is 1. The molecule has 0 N–H and O–H groups in total. The van der Waals surface area contributed by atoms with Gasteiger partial charge in [0, 0.05) is 26.2 Å². The summed E-state index contributed by atoms with van der Waals surface area (Å²) in [6, 6.07) is 21.0. The first kappa shape index (κ1) is 23.8. The Morgan fingerprint density at radius 2 is 1.68 bits per heavy atom. The molecule has 1 aromatic heterocycles. The Kier molecular flexibility index (Phi) is 6.27. The van der Waals surface area contributed by atoms with Crippen LogP contribution in [-0.4, -0.2) is 77.3 Å². The van der Waals surface area contributed by atoms with E-state index >= 15 is 0 Å². The molecule has 0 bridgehead atoms. The molecule has 1 fully saturated rings. The van der Waals surface area contributed by atoms with Crippen LogP contribution in [0.15, 0.2) is 60.7 Å². The second-order valence-corrected chi connectivity index (χ2v) is 9.20. The Balaban J connectivity index is 1.25. The van der Waals surface area contributed by atoms with Crippen LogP contribution in [-0.2, 0) is 0 Å². The van der Waals surface area contributed by atoms with E-state index in [1.54, 1.807) is 30.2 Å². The fourth-order valence-corrected chi connectivity index (χ4v) is 5.07. The fraction of sp³-hybridized carbons (Fsp3) is 0.286. The van der Waals surface area contributed by atoms with E-state index in [0.717, 1.165) is 28.4 Å². The number of carbonyl (C=O) groups is 1. The number of nitriles is 1. The lowest BCUT2D eigenvalue weighted by Crippen LogP contribution is -2.51. The number of fused-ring (bicyclic) bond motifs is 2. The molecule has 3 aromatic carbocycles. The van der Waals surface area contributed by atoms with E-state index in [-0.39, 0.29) is 12.1 Å². The van der Waals surface area contributed by atoms with E-state index in [4.69, 9.17) is 14.2 Å². The van der Waals surface area contributed by atoms with Gasteiger partial charge in [-0.05, 0) is 53.6 Å². The number of nitrogens with zero attached hydrogens (tertiary/aromatic N) is 6. The maximum Gasteiger partial charge on any atom is 0.346 e. The average molecular weight is 511 g/mol. The van der Waals surface area contributed by atoms with Crippen molar-refractivity contribution in [3.63, 3.8) is 0 Å². The topological polar surface area (TPSA) is 106 Å². The standard InChI is InChI=1S/C28H26N6O4/c1-36-22-6-3-20(4-7-22)27(21-5-9-25-26(17-21)38-15-14-37-25)32-10-12-33(13-11-32)28(35)34-24-16-19(18-29)2-8-23(24)30-31-34/h2-9,16-17,27H,10-15H2,1H3. The molecule has 10 heteroatoms. The number of carbonyl (C=O) groups excluding carboxylic acids is 1. The summed E-state index contributed by atoms with van der Waals surface area (Å²) in [5, 5.41) is 17.4. The second kappa shape index (κ2) is 10.0. The maximum atomic E-state index is 13.4. The van der Waals surface area contributed by atoms with Gasteiger partial charge in [0.1, 0.15) is 30.0 Å².